The number of aryl methyl sites for hydroxylation is 1. The molecule has 2 rings (SSSR count). The SMILES string of the molecule is CCCCCc1ccc(C/C=C(\C)CCC=C(C)C)c(O)c1S(=O)(=O)NC(=O)c1ccccc1. The Hall–Kier alpha value is -2.86. The molecule has 0 radical (unpaired) electrons. The third-order valence-electron chi connectivity index (χ3n) is 5.64. The van der Waals surface area contributed by atoms with Gasteiger partial charge in [-0.1, -0.05) is 73.4 Å². The summed E-state index contributed by atoms with van der Waals surface area (Å²) in [6, 6.07) is 11.7. The number of benzene rings is 2. The number of amides is 1. The van der Waals surface area contributed by atoms with Crippen LogP contribution in [0.25, 0.3) is 0 Å². The van der Waals surface area contributed by atoms with E-state index in [4.69, 9.17) is 0 Å². The van der Waals surface area contributed by atoms with Crippen molar-refractivity contribution in [3.05, 3.63) is 82.5 Å². The average Bonchev–Trinajstić information content (AvgIpc) is 2.78. The fourth-order valence-electron chi connectivity index (χ4n) is 3.68. The van der Waals surface area contributed by atoms with E-state index in [0.29, 0.717) is 24.0 Å². The van der Waals surface area contributed by atoms with E-state index in [2.05, 4.69) is 31.6 Å². The summed E-state index contributed by atoms with van der Waals surface area (Å²) in [5.41, 5.74) is 3.73. The van der Waals surface area contributed by atoms with Crippen LogP contribution in [0.5, 0.6) is 5.75 Å². The molecule has 184 valence electrons. The number of phenolic OH excluding ortho intramolecular Hbond substituents is 1. The highest BCUT2D eigenvalue weighted by Crippen LogP contribution is 2.32. The normalized spacial score (nSPS) is 11.8. The molecule has 0 unspecified atom stereocenters. The molecular weight excluding hydrogens is 446 g/mol. The van der Waals surface area contributed by atoms with Crippen LogP contribution in [0.1, 0.15) is 81.3 Å². The number of hydrogen-bond donors (Lipinski definition) is 2. The number of carbonyl (C=O) groups is 1. The van der Waals surface area contributed by atoms with Crippen molar-refractivity contribution in [1.29, 1.82) is 0 Å². The molecule has 2 N–H and O–H groups in total. The maximum atomic E-state index is 13.3. The van der Waals surface area contributed by atoms with Crippen molar-refractivity contribution in [2.24, 2.45) is 0 Å². The van der Waals surface area contributed by atoms with E-state index >= 15 is 0 Å². The zero-order valence-electron chi connectivity index (χ0n) is 20.7. The zero-order valence-corrected chi connectivity index (χ0v) is 21.5. The minimum atomic E-state index is -4.27. The lowest BCUT2D eigenvalue weighted by Crippen LogP contribution is -2.31. The molecule has 6 heteroatoms. The Labute approximate surface area is 204 Å². The highest BCUT2D eigenvalue weighted by Gasteiger charge is 2.27. The van der Waals surface area contributed by atoms with Crippen molar-refractivity contribution in [1.82, 2.24) is 4.72 Å². The summed E-state index contributed by atoms with van der Waals surface area (Å²) < 4.78 is 28.7. The number of nitrogens with one attached hydrogen (secondary N) is 1. The minimum Gasteiger partial charge on any atom is -0.506 e. The first kappa shape index (κ1) is 27.4. The first-order valence-electron chi connectivity index (χ1n) is 11.9. The summed E-state index contributed by atoms with van der Waals surface area (Å²) in [6.45, 7) is 8.24. The molecule has 0 aromatic heterocycles. The van der Waals surface area contributed by atoms with Crippen molar-refractivity contribution in [2.75, 3.05) is 0 Å². The van der Waals surface area contributed by atoms with Crippen molar-refractivity contribution >= 4 is 15.9 Å². The van der Waals surface area contributed by atoms with E-state index in [0.717, 1.165) is 32.1 Å². The molecule has 0 heterocycles. The first-order chi connectivity index (χ1) is 16.2. The van der Waals surface area contributed by atoms with Gasteiger partial charge in [0.2, 0.25) is 0 Å². The van der Waals surface area contributed by atoms with Gasteiger partial charge in [-0.25, -0.2) is 13.1 Å². The lowest BCUT2D eigenvalue weighted by atomic mass is 10.0. The van der Waals surface area contributed by atoms with E-state index in [1.165, 1.54) is 11.1 Å². The second kappa shape index (κ2) is 13.1. The Morgan fingerprint density at radius 3 is 2.29 bits per heavy atom. The smallest absolute Gasteiger partial charge is 0.268 e. The summed E-state index contributed by atoms with van der Waals surface area (Å²) in [7, 11) is -4.27. The summed E-state index contributed by atoms with van der Waals surface area (Å²) in [4.78, 5) is 12.4. The maximum Gasteiger partial charge on any atom is 0.268 e. The fraction of sp³-hybridized carbons (Fsp3) is 0.393. The molecule has 2 aromatic carbocycles. The molecule has 0 aliphatic carbocycles. The van der Waals surface area contributed by atoms with Gasteiger partial charge in [-0.3, -0.25) is 4.79 Å². The van der Waals surface area contributed by atoms with Crippen molar-refractivity contribution in [2.45, 2.75) is 77.5 Å². The van der Waals surface area contributed by atoms with Crippen molar-refractivity contribution in [3.8, 4) is 5.75 Å². The molecule has 1 amide bonds. The van der Waals surface area contributed by atoms with Gasteiger partial charge in [0.25, 0.3) is 15.9 Å². The average molecular weight is 484 g/mol. The summed E-state index contributed by atoms with van der Waals surface area (Å²) in [5.74, 6) is -1.00. The monoisotopic (exact) mass is 483 g/mol. The largest absolute Gasteiger partial charge is 0.506 e. The third-order valence-corrected chi connectivity index (χ3v) is 7.09. The van der Waals surface area contributed by atoms with Crippen LogP contribution in [0.3, 0.4) is 0 Å². The molecule has 0 spiro atoms. The highest BCUT2D eigenvalue weighted by atomic mass is 32.2. The third kappa shape index (κ3) is 8.17. The zero-order chi connectivity index (χ0) is 25.1. The van der Waals surface area contributed by atoms with Crippen LogP contribution < -0.4 is 4.72 Å². The molecule has 2 aromatic rings. The van der Waals surface area contributed by atoms with Gasteiger partial charge in [0.05, 0.1) is 0 Å². The number of unbranched alkanes of at least 4 members (excludes halogenated alkanes) is 2. The van der Waals surface area contributed by atoms with Crippen LogP contribution in [-0.4, -0.2) is 19.4 Å². The summed E-state index contributed by atoms with van der Waals surface area (Å²) >= 11 is 0. The molecule has 0 aliphatic rings. The molecule has 0 saturated heterocycles. The molecule has 0 bridgehead atoms. The molecule has 0 aliphatic heterocycles. The van der Waals surface area contributed by atoms with Gasteiger partial charge in [-0.15, -0.1) is 0 Å². The van der Waals surface area contributed by atoms with Crippen LogP contribution in [0.15, 0.2) is 70.7 Å². The van der Waals surface area contributed by atoms with Gasteiger partial charge in [0, 0.05) is 5.56 Å². The molecule has 0 saturated carbocycles. The molecular formula is C28H37NO4S. The fourth-order valence-corrected chi connectivity index (χ4v) is 5.04. The Balaban J connectivity index is 2.36. The molecule has 0 atom stereocenters. The first-order valence-corrected chi connectivity index (χ1v) is 13.4. The second-order valence-electron chi connectivity index (χ2n) is 8.89. The van der Waals surface area contributed by atoms with Crippen LogP contribution >= 0.6 is 0 Å². The van der Waals surface area contributed by atoms with Crippen LogP contribution in [0, 0.1) is 0 Å². The predicted octanol–water partition coefficient (Wildman–Crippen LogP) is 6.48. The van der Waals surface area contributed by atoms with E-state index in [-0.39, 0.29) is 16.2 Å². The van der Waals surface area contributed by atoms with Gasteiger partial charge >= 0.3 is 0 Å². The maximum absolute atomic E-state index is 13.3. The Bertz CT molecular complexity index is 1130. The lowest BCUT2D eigenvalue weighted by molar-refractivity contribution is 0.0981. The standard InChI is InChI=1S/C28H37NO4S/c1-5-6-8-14-24-20-19-23(18-17-22(4)13-11-12-21(2)3)26(30)27(24)34(32,33)29-28(31)25-15-9-7-10-16-25/h7,9-10,12,15-17,19-20,30H,5-6,8,11,13-14,18H2,1-4H3,(H,29,31)/b22-17+. The van der Waals surface area contributed by atoms with Gasteiger partial charge in [0.1, 0.15) is 10.6 Å². The minimum absolute atomic E-state index is 0.194. The number of allylic oxidation sites excluding steroid dienone is 4. The molecule has 34 heavy (non-hydrogen) atoms. The van der Waals surface area contributed by atoms with Gasteiger partial charge < -0.3 is 5.11 Å². The Morgan fingerprint density at radius 1 is 0.971 bits per heavy atom. The number of sulfonamides is 1. The van der Waals surface area contributed by atoms with E-state index in [1.807, 2.05) is 13.0 Å². The predicted molar refractivity (Wildman–Crippen MR) is 139 cm³/mol. The number of hydrogen-bond acceptors (Lipinski definition) is 4. The topological polar surface area (TPSA) is 83.5 Å². The van der Waals surface area contributed by atoms with Gasteiger partial charge in [-0.05, 0) is 76.1 Å². The number of rotatable bonds is 12. The highest BCUT2D eigenvalue weighted by molar-refractivity contribution is 7.90. The second-order valence-corrected chi connectivity index (χ2v) is 10.5. The molecule has 5 nitrogen and oxygen atoms in total. The Kier molecular flexibility index (Phi) is 10.6. The van der Waals surface area contributed by atoms with Crippen molar-refractivity contribution < 1.29 is 18.3 Å². The van der Waals surface area contributed by atoms with Crippen LogP contribution in [0.4, 0.5) is 0 Å². The van der Waals surface area contributed by atoms with Gasteiger partial charge in [0.15, 0.2) is 0 Å². The Morgan fingerprint density at radius 2 is 1.65 bits per heavy atom. The van der Waals surface area contributed by atoms with E-state index in [1.54, 1.807) is 42.5 Å². The van der Waals surface area contributed by atoms with Crippen molar-refractivity contribution in [3.63, 3.8) is 0 Å². The summed E-state index contributed by atoms with van der Waals surface area (Å²) in [5, 5.41) is 11.0. The number of carbonyl (C=O) groups excluding carboxylic acids is 1. The quantitative estimate of drug-likeness (QED) is 0.267. The number of phenols is 1. The van der Waals surface area contributed by atoms with Crippen LogP contribution in [0.2, 0.25) is 0 Å². The van der Waals surface area contributed by atoms with Crippen LogP contribution in [-0.2, 0) is 22.9 Å². The van der Waals surface area contributed by atoms with E-state index in [9.17, 15) is 18.3 Å². The van der Waals surface area contributed by atoms with E-state index < -0.39 is 15.9 Å². The summed E-state index contributed by atoms with van der Waals surface area (Å²) in [6.07, 6.45) is 9.71. The molecule has 0 fully saturated rings. The lowest BCUT2D eigenvalue weighted by Gasteiger charge is -2.16. The van der Waals surface area contributed by atoms with Gasteiger partial charge in [-0.2, -0.15) is 0 Å². The number of aromatic hydroxyl groups is 1.